The number of amidine groups is 1. The highest BCUT2D eigenvalue weighted by atomic mass is 16.4. The number of hydrogen-bond donors (Lipinski definition) is 2. The molecule has 1 saturated heterocycles. The summed E-state index contributed by atoms with van der Waals surface area (Å²) in [5.74, 6) is 0.771. The van der Waals surface area contributed by atoms with E-state index in [0.29, 0.717) is 24.8 Å². The number of piperidine rings is 1. The molecule has 0 spiro atoms. The van der Waals surface area contributed by atoms with Crippen LogP contribution in [0.15, 0.2) is 5.16 Å². The summed E-state index contributed by atoms with van der Waals surface area (Å²) in [5.41, 5.74) is 4.97. The van der Waals surface area contributed by atoms with Gasteiger partial charge in [0.05, 0.1) is 0 Å². The summed E-state index contributed by atoms with van der Waals surface area (Å²) in [6, 6.07) is 0.381. The molecule has 5 nitrogen and oxygen atoms in total. The Labute approximate surface area is 108 Å². The van der Waals surface area contributed by atoms with E-state index in [1.165, 1.54) is 6.42 Å². The van der Waals surface area contributed by atoms with Gasteiger partial charge in [0.15, 0.2) is 5.84 Å². The molecule has 2 atom stereocenters. The minimum atomic E-state index is -0.820. The van der Waals surface area contributed by atoms with E-state index in [4.69, 9.17) is 10.9 Å². The number of amides is 1. The fourth-order valence-corrected chi connectivity index (χ4v) is 3.57. The van der Waals surface area contributed by atoms with Crippen LogP contribution < -0.4 is 5.73 Å². The summed E-state index contributed by atoms with van der Waals surface area (Å²) in [4.78, 5) is 14.7. The Balaban J connectivity index is 2.24. The van der Waals surface area contributed by atoms with Gasteiger partial charge in [-0.3, -0.25) is 4.79 Å². The minimum Gasteiger partial charge on any atom is -0.409 e. The summed E-state index contributed by atoms with van der Waals surface area (Å²) in [5, 5.41) is 12.1. The molecule has 1 saturated carbocycles. The van der Waals surface area contributed by atoms with Crippen molar-refractivity contribution < 1.29 is 10.0 Å². The zero-order chi connectivity index (χ0) is 13.3. The van der Waals surface area contributed by atoms with Gasteiger partial charge in [0.2, 0.25) is 5.91 Å². The molecule has 2 unspecified atom stereocenters. The van der Waals surface area contributed by atoms with Crippen LogP contribution in [-0.4, -0.2) is 34.4 Å². The van der Waals surface area contributed by atoms with Crippen molar-refractivity contribution in [1.29, 1.82) is 0 Å². The Kier molecular flexibility index (Phi) is 3.50. The number of carbonyl (C=O) groups is 1. The number of nitrogens with two attached hydrogens (primary N) is 1. The lowest BCUT2D eigenvalue weighted by Gasteiger charge is -2.37. The van der Waals surface area contributed by atoms with E-state index < -0.39 is 5.41 Å². The second-order valence-corrected chi connectivity index (χ2v) is 5.56. The molecule has 0 radical (unpaired) electrons. The maximum Gasteiger partial charge on any atom is 0.236 e. The molecule has 2 aliphatic rings. The fraction of sp³-hybridized carbons (Fsp3) is 0.846. The Morgan fingerprint density at radius 3 is 2.50 bits per heavy atom. The van der Waals surface area contributed by atoms with Gasteiger partial charge in [-0.05, 0) is 38.0 Å². The molecule has 0 aromatic carbocycles. The third-order valence-corrected chi connectivity index (χ3v) is 4.88. The van der Waals surface area contributed by atoms with Crippen molar-refractivity contribution in [2.75, 3.05) is 6.54 Å². The van der Waals surface area contributed by atoms with Gasteiger partial charge in [-0.25, -0.2) is 0 Å². The quantitative estimate of drug-likeness (QED) is 0.345. The summed E-state index contributed by atoms with van der Waals surface area (Å²) < 4.78 is 0. The van der Waals surface area contributed by atoms with Crippen molar-refractivity contribution in [3.63, 3.8) is 0 Å². The van der Waals surface area contributed by atoms with Crippen LogP contribution in [-0.2, 0) is 4.79 Å². The van der Waals surface area contributed by atoms with Crippen LogP contribution in [0.2, 0.25) is 0 Å². The van der Waals surface area contributed by atoms with Crippen molar-refractivity contribution in [2.45, 2.75) is 52.0 Å². The van der Waals surface area contributed by atoms with E-state index in [2.05, 4.69) is 5.16 Å². The van der Waals surface area contributed by atoms with Gasteiger partial charge in [-0.1, -0.05) is 19.0 Å². The molecule has 3 N–H and O–H groups in total. The summed E-state index contributed by atoms with van der Waals surface area (Å²) in [7, 11) is 0. The number of oxime groups is 1. The molecular weight excluding hydrogens is 230 g/mol. The number of rotatable bonds is 4. The Morgan fingerprint density at radius 2 is 2.11 bits per heavy atom. The Bertz CT molecular complexity index is 363. The van der Waals surface area contributed by atoms with Crippen LogP contribution in [0.3, 0.4) is 0 Å². The van der Waals surface area contributed by atoms with Gasteiger partial charge < -0.3 is 15.8 Å². The highest BCUT2D eigenvalue weighted by Crippen LogP contribution is 2.41. The first-order valence-corrected chi connectivity index (χ1v) is 6.88. The van der Waals surface area contributed by atoms with Crippen LogP contribution in [0.1, 0.15) is 46.0 Å². The standard InChI is InChI=1S/C13H23N3O2/c1-3-13(4-2,11(14)15-18)12(17)16-8-9-5-6-10(16)7-9/h9-10,18H,3-8H2,1-2H3,(H2,14,15). The molecule has 0 aromatic rings. The average molecular weight is 253 g/mol. The van der Waals surface area contributed by atoms with Crippen LogP contribution in [0.4, 0.5) is 0 Å². The normalized spacial score (nSPS) is 27.9. The number of nitrogens with zero attached hydrogens (tertiary/aromatic N) is 2. The van der Waals surface area contributed by atoms with Crippen molar-refractivity contribution in [2.24, 2.45) is 22.2 Å². The molecule has 5 heteroatoms. The number of fused-ring (bicyclic) bond motifs is 2. The van der Waals surface area contributed by atoms with Gasteiger partial charge in [-0.15, -0.1) is 0 Å². The highest BCUT2D eigenvalue weighted by molar-refractivity contribution is 6.06. The third-order valence-electron chi connectivity index (χ3n) is 4.88. The van der Waals surface area contributed by atoms with Crippen LogP contribution >= 0.6 is 0 Å². The average Bonchev–Trinajstić information content (AvgIpc) is 3.02. The van der Waals surface area contributed by atoms with Crippen LogP contribution in [0.25, 0.3) is 0 Å². The van der Waals surface area contributed by atoms with E-state index in [1.54, 1.807) is 0 Å². The summed E-state index contributed by atoms with van der Waals surface area (Å²) in [6.07, 6.45) is 4.63. The SMILES string of the molecule is CCC(CC)(C(=O)N1CC2CCC1C2)C(N)=NO. The van der Waals surface area contributed by atoms with Gasteiger partial charge in [0.1, 0.15) is 5.41 Å². The van der Waals surface area contributed by atoms with Crippen LogP contribution in [0.5, 0.6) is 0 Å². The van der Waals surface area contributed by atoms with E-state index in [1.807, 2.05) is 18.7 Å². The second-order valence-electron chi connectivity index (χ2n) is 5.56. The Hall–Kier alpha value is -1.26. The van der Waals surface area contributed by atoms with E-state index in [0.717, 1.165) is 19.4 Å². The zero-order valence-electron chi connectivity index (χ0n) is 11.2. The second kappa shape index (κ2) is 4.78. The maximum atomic E-state index is 12.8. The van der Waals surface area contributed by atoms with Crippen LogP contribution in [0, 0.1) is 11.3 Å². The Morgan fingerprint density at radius 1 is 1.44 bits per heavy atom. The van der Waals surface area contributed by atoms with E-state index in [-0.39, 0.29) is 11.7 Å². The lowest BCUT2D eigenvalue weighted by molar-refractivity contribution is -0.140. The monoisotopic (exact) mass is 253 g/mol. The first kappa shape index (κ1) is 13.2. The minimum absolute atomic E-state index is 0.0509. The molecular formula is C13H23N3O2. The maximum absolute atomic E-state index is 12.8. The fourth-order valence-electron chi connectivity index (χ4n) is 3.57. The molecule has 18 heavy (non-hydrogen) atoms. The van der Waals surface area contributed by atoms with Crippen molar-refractivity contribution in [3.05, 3.63) is 0 Å². The van der Waals surface area contributed by atoms with Crippen molar-refractivity contribution >= 4 is 11.7 Å². The number of carbonyl (C=O) groups excluding carboxylic acids is 1. The number of likely N-dealkylation sites (tertiary alicyclic amines) is 1. The predicted octanol–water partition coefficient (Wildman–Crippen LogP) is 1.55. The lowest BCUT2D eigenvalue weighted by atomic mass is 9.79. The molecule has 1 heterocycles. The largest absolute Gasteiger partial charge is 0.409 e. The summed E-state index contributed by atoms with van der Waals surface area (Å²) >= 11 is 0. The first-order valence-electron chi connectivity index (χ1n) is 6.88. The van der Waals surface area contributed by atoms with Crippen molar-refractivity contribution in [3.8, 4) is 0 Å². The molecule has 2 bridgehead atoms. The van der Waals surface area contributed by atoms with Gasteiger partial charge >= 0.3 is 0 Å². The highest BCUT2D eigenvalue weighted by Gasteiger charge is 2.48. The van der Waals surface area contributed by atoms with Gasteiger partial charge in [0.25, 0.3) is 0 Å². The van der Waals surface area contributed by atoms with Gasteiger partial charge in [0, 0.05) is 12.6 Å². The van der Waals surface area contributed by atoms with Crippen molar-refractivity contribution in [1.82, 2.24) is 4.90 Å². The zero-order valence-corrected chi connectivity index (χ0v) is 11.2. The molecule has 2 rings (SSSR count). The third kappa shape index (κ3) is 1.76. The predicted molar refractivity (Wildman–Crippen MR) is 69.3 cm³/mol. The molecule has 1 amide bonds. The van der Waals surface area contributed by atoms with E-state index in [9.17, 15) is 4.79 Å². The topological polar surface area (TPSA) is 78.9 Å². The molecule has 0 aromatic heterocycles. The lowest BCUT2D eigenvalue weighted by Crippen LogP contribution is -2.53. The number of hydrogen-bond acceptors (Lipinski definition) is 3. The summed E-state index contributed by atoms with van der Waals surface area (Å²) in [6.45, 7) is 4.70. The van der Waals surface area contributed by atoms with E-state index >= 15 is 0 Å². The molecule has 1 aliphatic heterocycles. The molecule has 1 aliphatic carbocycles. The molecule has 2 fully saturated rings. The molecule has 102 valence electrons. The first-order chi connectivity index (χ1) is 8.58. The van der Waals surface area contributed by atoms with Gasteiger partial charge in [-0.2, -0.15) is 0 Å². The smallest absolute Gasteiger partial charge is 0.236 e.